The highest BCUT2D eigenvalue weighted by Crippen LogP contribution is 2.17. The van der Waals surface area contributed by atoms with Gasteiger partial charge < -0.3 is 15.3 Å². The van der Waals surface area contributed by atoms with Gasteiger partial charge in [0.15, 0.2) is 0 Å². The number of aliphatic hydroxyl groups excluding tert-OH is 1. The highest BCUT2D eigenvalue weighted by atomic mass is 32.1. The molecule has 1 aromatic carbocycles. The summed E-state index contributed by atoms with van der Waals surface area (Å²) >= 11 is 1.68. The van der Waals surface area contributed by atoms with Gasteiger partial charge in [-0.2, -0.15) is 11.3 Å². The summed E-state index contributed by atoms with van der Waals surface area (Å²) < 4.78 is 0. The summed E-state index contributed by atoms with van der Waals surface area (Å²) in [5, 5.41) is 17.2. The van der Waals surface area contributed by atoms with Gasteiger partial charge in [-0.05, 0) is 53.4 Å². The highest BCUT2D eigenvalue weighted by molar-refractivity contribution is 7.07. The second kappa shape index (κ2) is 6.94. The molecule has 1 aliphatic heterocycles. The van der Waals surface area contributed by atoms with Crippen molar-refractivity contribution in [2.24, 2.45) is 0 Å². The fourth-order valence-electron chi connectivity index (χ4n) is 2.68. The molecule has 22 heavy (non-hydrogen) atoms. The van der Waals surface area contributed by atoms with Crippen LogP contribution >= 0.6 is 11.3 Å². The van der Waals surface area contributed by atoms with E-state index < -0.39 is 6.10 Å². The van der Waals surface area contributed by atoms with E-state index in [1.54, 1.807) is 16.2 Å². The third kappa shape index (κ3) is 3.67. The lowest BCUT2D eigenvalue weighted by molar-refractivity contribution is 0.0474. The van der Waals surface area contributed by atoms with Crippen LogP contribution in [0, 0.1) is 0 Å². The molecule has 5 heteroatoms. The van der Waals surface area contributed by atoms with Crippen LogP contribution in [0.1, 0.15) is 28.8 Å². The number of hydrogen-bond donors (Lipinski definition) is 2. The average Bonchev–Trinajstić information content (AvgIpc) is 3.06. The molecule has 0 aliphatic carbocycles. The molecule has 2 heterocycles. The number of thiophene rings is 1. The number of piperidine rings is 1. The number of carbonyl (C=O) groups excluding carboxylic acids is 1. The van der Waals surface area contributed by atoms with Crippen molar-refractivity contribution in [2.75, 3.05) is 18.4 Å². The highest BCUT2D eigenvalue weighted by Gasteiger charge is 2.23. The normalized spacial score (nSPS) is 18.2. The maximum absolute atomic E-state index is 12.5. The maximum Gasteiger partial charge on any atom is 0.254 e. The molecule has 4 nitrogen and oxygen atoms in total. The second-order valence-electron chi connectivity index (χ2n) is 5.61. The predicted molar refractivity (Wildman–Crippen MR) is 89.2 cm³/mol. The van der Waals surface area contributed by atoms with Crippen molar-refractivity contribution >= 4 is 22.9 Å². The van der Waals surface area contributed by atoms with Crippen molar-refractivity contribution in [3.8, 4) is 0 Å². The molecule has 0 unspecified atom stereocenters. The van der Waals surface area contributed by atoms with Gasteiger partial charge in [0.25, 0.3) is 5.91 Å². The minimum atomic E-state index is -0.391. The summed E-state index contributed by atoms with van der Waals surface area (Å²) in [6, 6.07) is 9.66. The largest absolute Gasteiger partial charge is 0.391 e. The van der Waals surface area contributed by atoms with E-state index >= 15 is 0 Å². The number of rotatable bonds is 4. The molecule has 2 N–H and O–H groups in total. The third-order valence-corrected chi connectivity index (χ3v) is 4.60. The fraction of sp³-hybridized carbons (Fsp3) is 0.353. The van der Waals surface area contributed by atoms with E-state index in [1.165, 1.54) is 5.56 Å². The molecule has 1 atom stereocenters. The average molecular weight is 316 g/mol. The van der Waals surface area contributed by atoms with Crippen molar-refractivity contribution < 1.29 is 9.90 Å². The molecule has 0 saturated carbocycles. The topological polar surface area (TPSA) is 52.6 Å². The SMILES string of the molecule is O=C(c1cccc(NCc2ccsc2)c1)N1CCC[C@H](O)C1. The van der Waals surface area contributed by atoms with E-state index in [4.69, 9.17) is 0 Å². The summed E-state index contributed by atoms with van der Waals surface area (Å²) in [4.78, 5) is 14.3. The Morgan fingerprint density at radius 2 is 2.32 bits per heavy atom. The molecule has 1 saturated heterocycles. The molecule has 1 amide bonds. The number of likely N-dealkylation sites (tertiary alicyclic amines) is 1. The second-order valence-corrected chi connectivity index (χ2v) is 6.39. The first-order valence-electron chi connectivity index (χ1n) is 7.55. The number of anilines is 1. The first kappa shape index (κ1) is 15.1. The molecule has 0 bridgehead atoms. The Morgan fingerprint density at radius 3 is 3.09 bits per heavy atom. The van der Waals surface area contributed by atoms with Gasteiger partial charge in [0.2, 0.25) is 0 Å². The number of carbonyl (C=O) groups is 1. The zero-order valence-corrected chi connectivity index (χ0v) is 13.2. The minimum Gasteiger partial charge on any atom is -0.391 e. The Balaban J connectivity index is 1.66. The molecule has 1 aromatic heterocycles. The van der Waals surface area contributed by atoms with E-state index in [0.717, 1.165) is 31.6 Å². The number of β-amino-alcohol motifs (C(OH)–C–C–N with tert-alkyl or cyclic N) is 1. The number of amides is 1. The minimum absolute atomic E-state index is 0.00191. The monoisotopic (exact) mass is 316 g/mol. The summed E-state index contributed by atoms with van der Waals surface area (Å²) in [6.07, 6.45) is 1.26. The van der Waals surface area contributed by atoms with Crippen molar-refractivity contribution in [1.82, 2.24) is 4.90 Å². The zero-order chi connectivity index (χ0) is 15.4. The van der Waals surface area contributed by atoms with E-state index in [9.17, 15) is 9.90 Å². The molecular formula is C17H20N2O2S. The lowest BCUT2D eigenvalue weighted by atomic mass is 10.1. The quantitative estimate of drug-likeness (QED) is 0.912. The summed E-state index contributed by atoms with van der Waals surface area (Å²) in [5.74, 6) is -0.00191. The number of hydrogen-bond acceptors (Lipinski definition) is 4. The Morgan fingerprint density at radius 1 is 1.41 bits per heavy atom. The van der Waals surface area contributed by atoms with Crippen LogP contribution in [0.2, 0.25) is 0 Å². The van der Waals surface area contributed by atoms with Crippen LogP contribution in [0.4, 0.5) is 5.69 Å². The van der Waals surface area contributed by atoms with Gasteiger partial charge in [-0.25, -0.2) is 0 Å². The predicted octanol–water partition coefficient (Wildman–Crippen LogP) is 2.96. The first-order valence-corrected chi connectivity index (χ1v) is 8.49. The van der Waals surface area contributed by atoms with Crippen LogP contribution in [0.3, 0.4) is 0 Å². The van der Waals surface area contributed by atoms with Crippen molar-refractivity contribution in [1.29, 1.82) is 0 Å². The Kier molecular flexibility index (Phi) is 4.75. The molecule has 1 fully saturated rings. The standard InChI is InChI=1S/C17H20N2O2S/c20-16-5-2-7-19(11-16)17(21)14-3-1-4-15(9-14)18-10-13-6-8-22-12-13/h1,3-4,6,8-9,12,16,18,20H,2,5,7,10-11H2/t16-/m0/s1. The van der Waals surface area contributed by atoms with Crippen LogP contribution in [0.5, 0.6) is 0 Å². The fourth-order valence-corrected chi connectivity index (χ4v) is 3.35. The Hall–Kier alpha value is -1.85. The molecule has 3 rings (SSSR count). The van der Waals surface area contributed by atoms with Gasteiger partial charge in [0.1, 0.15) is 0 Å². The molecule has 2 aromatic rings. The number of nitrogens with one attached hydrogen (secondary N) is 1. The molecule has 0 spiro atoms. The number of benzene rings is 1. The zero-order valence-electron chi connectivity index (χ0n) is 12.4. The summed E-state index contributed by atoms with van der Waals surface area (Å²) in [6.45, 7) is 1.91. The number of aliphatic hydroxyl groups is 1. The van der Waals surface area contributed by atoms with Gasteiger partial charge in [0.05, 0.1) is 6.10 Å². The van der Waals surface area contributed by atoms with Crippen LogP contribution in [-0.2, 0) is 6.54 Å². The Bertz CT molecular complexity index is 627. The third-order valence-electron chi connectivity index (χ3n) is 3.87. The van der Waals surface area contributed by atoms with Gasteiger partial charge in [0, 0.05) is 30.9 Å². The van der Waals surface area contributed by atoms with Gasteiger partial charge in [-0.3, -0.25) is 4.79 Å². The van der Waals surface area contributed by atoms with Crippen molar-refractivity contribution in [3.63, 3.8) is 0 Å². The molecule has 0 radical (unpaired) electrons. The Labute approximate surface area is 134 Å². The van der Waals surface area contributed by atoms with Gasteiger partial charge in [-0.15, -0.1) is 0 Å². The molecular weight excluding hydrogens is 296 g/mol. The van der Waals surface area contributed by atoms with Crippen molar-refractivity contribution in [3.05, 3.63) is 52.2 Å². The lowest BCUT2D eigenvalue weighted by Crippen LogP contribution is -2.42. The molecule has 1 aliphatic rings. The lowest BCUT2D eigenvalue weighted by Gasteiger charge is -2.30. The van der Waals surface area contributed by atoms with E-state index in [1.807, 2.05) is 24.3 Å². The molecule has 116 valence electrons. The van der Waals surface area contributed by atoms with Crippen LogP contribution in [-0.4, -0.2) is 35.1 Å². The smallest absolute Gasteiger partial charge is 0.254 e. The van der Waals surface area contributed by atoms with Crippen LogP contribution in [0.25, 0.3) is 0 Å². The first-order chi connectivity index (χ1) is 10.7. The van der Waals surface area contributed by atoms with E-state index in [-0.39, 0.29) is 5.91 Å². The van der Waals surface area contributed by atoms with Crippen LogP contribution < -0.4 is 5.32 Å². The summed E-state index contributed by atoms with van der Waals surface area (Å²) in [5.41, 5.74) is 2.85. The van der Waals surface area contributed by atoms with Gasteiger partial charge >= 0.3 is 0 Å². The van der Waals surface area contributed by atoms with E-state index in [0.29, 0.717) is 12.1 Å². The number of nitrogens with zero attached hydrogens (tertiary/aromatic N) is 1. The maximum atomic E-state index is 12.5. The van der Waals surface area contributed by atoms with E-state index in [2.05, 4.69) is 22.1 Å². The summed E-state index contributed by atoms with van der Waals surface area (Å²) in [7, 11) is 0. The van der Waals surface area contributed by atoms with Gasteiger partial charge in [-0.1, -0.05) is 6.07 Å². The van der Waals surface area contributed by atoms with Crippen LogP contribution in [0.15, 0.2) is 41.1 Å². The van der Waals surface area contributed by atoms with Crippen molar-refractivity contribution in [2.45, 2.75) is 25.5 Å².